The number of hydrogen-bond acceptors (Lipinski definition) is 7. The number of hydrazine groups is 1. The van der Waals surface area contributed by atoms with E-state index < -0.39 is 0 Å². The second-order valence-electron chi connectivity index (χ2n) is 4.33. The van der Waals surface area contributed by atoms with Gasteiger partial charge in [0, 0.05) is 32.7 Å². The van der Waals surface area contributed by atoms with Crippen LogP contribution in [0.25, 0.3) is 0 Å². The van der Waals surface area contributed by atoms with Gasteiger partial charge in [-0.25, -0.2) is 15.8 Å². The average Bonchev–Trinajstić information content (AvgIpc) is 2.46. The Morgan fingerprint density at radius 3 is 2.70 bits per heavy atom. The molecule has 0 spiro atoms. The predicted octanol–water partition coefficient (Wildman–Crippen LogP) is 1.18. The molecule has 20 heavy (non-hydrogen) atoms. The summed E-state index contributed by atoms with van der Waals surface area (Å²) in [6, 6.07) is 1.80. The number of hydrogen-bond donors (Lipinski definition) is 3. The molecule has 7 nitrogen and oxygen atoms in total. The summed E-state index contributed by atoms with van der Waals surface area (Å²) < 4.78 is 10.3. The Morgan fingerprint density at radius 1 is 1.20 bits per heavy atom. The van der Waals surface area contributed by atoms with Crippen molar-refractivity contribution in [3.8, 4) is 0 Å². The minimum absolute atomic E-state index is 0.627. The van der Waals surface area contributed by atoms with Crippen LogP contribution >= 0.6 is 0 Å². The molecular formula is C13H25N5O2. The van der Waals surface area contributed by atoms with Crippen LogP contribution in [0.15, 0.2) is 6.07 Å². The van der Waals surface area contributed by atoms with E-state index in [-0.39, 0.29) is 0 Å². The Balaban J connectivity index is 2.33. The van der Waals surface area contributed by atoms with Crippen LogP contribution in [0.2, 0.25) is 0 Å². The molecule has 0 aromatic carbocycles. The summed E-state index contributed by atoms with van der Waals surface area (Å²) >= 11 is 0. The largest absolute Gasteiger partial charge is 0.382 e. The van der Waals surface area contributed by atoms with E-state index in [0.717, 1.165) is 37.4 Å². The van der Waals surface area contributed by atoms with Crippen molar-refractivity contribution in [3.05, 3.63) is 11.9 Å². The second kappa shape index (κ2) is 10.4. The number of nitrogens with zero attached hydrogens (tertiary/aromatic N) is 2. The highest BCUT2D eigenvalue weighted by Gasteiger charge is 2.03. The van der Waals surface area contributed by atoms with Gasteiger partial charge in [0.15, 0.2) is 0 Å². The summed E-state index contributed by atoms with van der Waals surface area (Å²) in [5, 5.41) is 3.25. The van der Waals surface area contributed by atoms with Gasteiger partial charge in [0.05, 0.1) is 13.2 Å². The Labute approximate surface area is 120 Å². The molecule has 114 valence electrons. The van der Waals surface area contributed by atoms with Crippen LogP contribution in [-0.2, 0) is 15.9 Å². The molecule has 1 aromatic rings. The van der Waals surface area contributed by atoms with E-state index in [1.165, 1.54) is 0 Å². The van der Waals surface area contributed by atoms with Gasteiger partial charge in [-0.1, -0.05) is 6.92 Å². The molecule has 0 amide bonds. The van der Waals surface area contributed by atoms with Gasteiger partial charge < -0.3 is 20.2 Å². The maximum atomic E-state index is 5.41. The van der Waals surface area contributed by atoms with Crippen LogP contribution in [-0.4, -0.2) is 43.4 Å². The zero-order valence-corrected chi connectivity index (χ0v) is 12.3. The lowest BCUT2D eigenvalue weighted by Crippen LogP contribution is -2.13. The quantitative estimate of drug-likeness (QED) is 0.319. The maximum Gasteiger partial charge on any atom is 0.145 e. The van der Waals surface area contributed by atoms with Gasteiger partial charge in [-0.3, -0.25) is 0 Å². The Bertz CT molecular complexity index is 376. The number of ether oxygens (including phenoxy) is 2. The van der Waals surface area contributed by atoms with Crippen LogP contribution in [0.4, 0.5) is 11.6 Å². The summed E-state index contributed by atoms with van der Waals surface area (Å²) in [4.78, 5) is 8.73. The molecule has 0 saturated carbocycles. The first-order chi connectivity index (χ1) is 9.80. The first-order valence-corrected chi connectivity index (χ1v) is 6.95. The third-order valence-electron chi connectivity index (χ3n) is 2.60. The molecule has 0 saturated heterocycles. The highest BCUT2D eigenvalue weighted by Crippen LogP contribution is 2.11. The molecule has 0 aliphatic heterocycles. The molecule has 0 atom stereocenters. The molecule has 1 heterocycles. The van der Waals surface area contributed by atoms with Gasteiger partial charge in [-0.15, -0.1) is 0 Å². The summed E-state index contributed by atoms with van der Waals surface area (Å²) in [5.41, 5.74) is 2.56. The summed E-state index contributed by atoms with van der Waals surface area (Å²) in [5.74, 6) is 7.61. The number of nitrogen functional groups attached to an aromatic ring is 1. The topological polar surface area (TPSA) is 94.3 Å². The minimum Gasteiger partial charge on any atom is -0.382 e. The van der Waals surface area contributed by atoms with Gasteiger partial charge in [0.2, 0.25) is 0 Å². The number of aryl methyl sites for hydroxylation is 1. The van der Waals surface area contributed by atoms with E-state index >= 15 is 0 Å². The standard InChI is InChI=1S/C13H25N5O2/c1-3-5-11-16-12(10-13(17-11)18-14)15-6-4-7-20-9-8-19-2/h10H,3-9,14H2,1-2H3,(H2,15,16,17,18). The first kappa shape index (κ1) is 16.6. The fourth-order valence-electron chi connectivity index (χ4n) is 1.63. The van der Waals surface area contributed by atoms with Crippen LogP contribution in [0.3, 0.4) is 0 Å². The van der Waals surface area contributed by atoms with Gasteiger partial charge in [-0.05, 0) is 12.8 Å². The lowest BCUT2D eigenvalue weighted by atomic mass is 10.3. The molecule has 0 aliphatic rings. The van der Waals surface area contributed by atoms with E-state index in [4.69, 9.17) is 15.3 Å². The predicted molar refractivity (Wildman–Crippen MR) is 79.6 cm³/mol. The first-order valence-electron chi connectivity index (χ1n) is 6.95. The third kappa shape index (κ3) is 6.65. The number of rotatable bonds is 11. The smallest absolute Gasteiger partial charge is 0.145 e. The Hall–Kier alpha value is -1.44. The van der Waals surface area contributed by atoms with E-state index in [0.29, 0.717) is 25.6 Å². The van der Waals surface area contributed by atoms with Crippen molar-refractivity contribution < 1.29 is 9.47 Å². The van der Waals surface area contributed by atoms with Crippen molar-refractivity contribution in [2.75, 3.05) is 44.2 Å². The van der Waals surface area contributed by atoms with Crippen molar-refractivity contribution in [2.24, 2.45) is 5.84 Å². The average molecular weight is 283 g/mol. The van der Waals surface area contributed by atoms with Crippen molar-refractivity contribution in [1.82, 2.24) is 9.97 Å². The lowest BCUT2D eigenvalue weighted by molar-refractivity contribution is 0.0705. The van der Waals surface area contributed by atoms with Gasteiger partial charge in [0.1, 0.15) is 17.5 Å². The monoisotopic (exact) mass is 283 g/mol. The SMILES string of the molecule is CCCc1nc(NN)cc(NCCCOCCOC)n1. The summed E-state index contributed by atoms with van der Waals surface area (Å²) in [6.45, 7) is 4.85. The van der Waals surface area contributed by atoms with E-state index in [1.54, 1.807) is 13.2 Å². The normalized spacial score (nSPS) is 10.6. The fraction of sp³-hybridized carbons (Fsp3) is 0.692. The van der Waals surface area contributed by atoms with Crippen LogP contribution in [0, 0.1) is 0 Å². The van der Waals surface area contributed by atoms with Crippen molar-refractivity contribution in [3.63, 3.8) is 0 Å². The van der Waals surface area contributed by atoms with Crippen LogP contribution in [0.5, 0.6) is 0 Å². The van der Waals surface area contributed by atoms with Crippen molar-refractivity contribution in [2.45, 2.75) is 26.2 Å². The van der Waals surface area contributed by atoms with E-state index in [9.17, 15) is 0 Å². The summed E-state index contributed by atoms with van der Waals surface area (Å²) in [7, 11) is 1.66. The third-order valence-corrected chi connectivity index (χ3v) is 2.60. The number of nitrogens with two attached hydrogens (primary N) is 1. The molecule has 7 heteroatoms. The van der Waals surface area contributed by atoms with Gasteiger partial charge in [-0.2, -0.15) is 0 Å². The van der Waals surface area contributed by atoms with Crippen LogP contribution in [0.1, 0.15) is 25.6 Å². The second-order valence-corrected chi connectivity index (χ2v) is 4.33. The highest BCUT2D eigenvalue weighted by atomic mass is 16.5. The molecule has 1 aromatic heterocycles. The summed E-state index contributed by atoms with van der Waals surface area (Å²) in [6.07, 6.45) is 2.74. The molecule has 0 unspecified atom stereocenters. The molecular weight excluding hydrogens is 258 g/mol. The van der Waals surface area contributed by atoms with Gasteiger partial charge in [0.25, 0.3) is 0 Å². The van der Waals surface area contributed by atoms with E-state index in [1.807, 2.05) is 0 Å². The minimum atomic E-state index is 0.627. The number of nitrogens with one attached hydrogen (secondary N) is 2. The molecule has 4 N–H and O–H groups in total. The number of methoxy groups -OCH3 is 1. The molecule has 0 fully saturated rings. The van der Waals surface area contributed by atoms with Crippen LogP contribution < -0.4 is 16.6 Å². The molecule has 1 rings (SSSR count). The van der Waals surface area contributed by atoms with Gasteiger partial charge >= 0.3 is 0 Å². The van der Waals surface area contributed by atoms with E-state index in [2.05, 4.69) is 27.6 Å². The highest BCUT2D eigenvalue weighted by molar-refractivity contribution is 5.46. The van der Waals surface area contributed by atoms with Crippen molar-refractivity contribution >= 4 is 11.6 Å². The zero-order valence-electron chi connectivity index (χ0n) is 12.3. The zero-order chi connectivity index (χ0) is 14.6. The Morgan fingerprint density at radius 2 is 2.00 bits per heavy atom. The fourth-order valence-corrected chi connectivity index (χ4v) is 1.63. The lowest BCUT2D eigenvalue weighted by Gasteiger charge is -2.09. The number of anilines is 2. The molecule has 0 aliphatic carbocycles. The molecule has 0 bridgehead atoms. The Kier molecular flexibility index (Phi) is 8.61. The number of aromatic nitrogens is 2. The van der Waals surface area contributed by atoms with Crippen molar-refractivity contribution in [1.29, 1.82) is 0 Å². The maximum absolute atomic E-state index is 5.41. The molecule has 0 radical (unpaired) electrons.